The summed E-state index contributed by atoms with van der Waals surface area (Å²) in [6, 6.07) is 10.2. The first-order chi connectivity index (χ1) is 11.9. The molecule has 0 spiro atoms. The summed E-state index contributed by atoms with van der Waals surface area (Å²) in [4.78, 5) is 23.7. The molecule has 4 nitrogen and oxygen atoms in total. The van der Waals surface area contributed by atoms with Crippen molar-refractivity contribution >= 4 is 17.5 Å². The van der Waals surface area contributed by atoms with Crippen LogP contribution in [0.5, 0.6) is 0 Å². The number of rotatable bonds is 6. The van der Waals surface area contributed by atoms with E-state index in [2.05, 4.69) is 24.5 Å². The van der Waals surface area contributed by atoms with Gasteiger partial charge in [0, 0.05) is 24.7 Å². The van der Waals surface area contributed by atoms with E-state index in [-0.39, 0.29) is 24.4 Å². The van der Waals surface area contributed by atoms with Gasteiger partial charge in [-0.05, 0) is 35.7 Å². The Morgan fingerprint density at radius 2 is 1.72 bits per heavy atom. The Hall–Kier alpha value is -2.76. The van der Waals surface area contributed by atoms with Crippen LogP contribution in [0, 0.1) is 11.6 Å². The third-order valence-electron chi connectivity index (χ3n) is 3.67. The smallest absolute Gasteiger partial charge is 0.254 e. The van der Waals surface area contributed by atoms with Crippen LogP contribution in [0.2, 0.25) is 0 Å². The van der Waals surface area contributed by atoms with E-state index in [0.29, 0.717) is 17.7 Å². The van der Waals surface area contributed by atoms with Gasteiger partial charge in [0.05, 0.1) is 5.56 Å². The lowest BCUT2D eigenvalue weighted by Crippen LogP contribution is -2.28. The molecule has 6 heteroatoms. The molecule has 0 bridgehead atoms. The first kappa shape index (κ1) is 18.6. The van der Waals surface area contributed by atoms with Crippen molar-refractivity contribution in [3.05, 3.63) is 65.2 Å². The van der Waals surface area contributed by atoms with Crippen molar-refractivity contribution in [3.63, 3.8) is 0 Å². The van der Waals surface area contributed by atoms with Crippen molar-refractivity contribution in [2.75, 3.05) is 11.9 Å². The van der Waals surface area contributed by atoms with Gasteiger partial charge in [-0.25, -0.2) is 8.78 Å². The Bertz CT molecular complexity index is 759. The normalized spacial score (nSPS) is 10.6. The van der Waals surface area contributed by atoms with E-state index in [9.17, 15) is 18.4 Å². The van der Waals surface area contributed by atoms with Gasteiger partial charge in [-0.2, -0.15) is 0 Å². The van der Waals surface area contributed by atoms with Gasteiger partial charge in [0.15, 0.2) is 0 Å². The third-order valence-corrected chi connectivity index (χ3v) is 3.67. The fourth-order valence-electron chi connectivity index (χ4n) is 2.23. The number of hydrogen-bond donors (Lipinski definition) is 2. The molecule has 132 valence electrons. The number of benzene rings is 2. The van der Waals surface area contributed by atoms with E-state index in [0.717, 1.165) is 12.1 Å². The van der Waals surface area contributed by atoms with Crippen molar-refractivity contribution < 1.29 is 18.4 Å². The van der Waals surface area contributed by atoms with Gasteiger partial charge in [0.25, 0.3) is 5.91 Å². The molecule has 2 N–H and O–H groups in total. The van der Waals surface area contributed by atoms with E-state index in [1.165, 1.54) is 5.56 Å². The number of halogens is 2. The molecule has 0 atom stereocenters. The third kappa shape index (κ3) is 5.38. The number of amides is 2. The zero-order valence-electron chi connectivity index (χ0n) is 14.1. The molecular weight excluding hydrogens is 326 g/mol. The van der Waals surface area contributed by atoms with Crippen LogP contribution in [0.3, 0.4) is 0 Å². The number of nitrogens with one attached hydrogen (secondary N) is 2. The maximum absolute atomic E-state index is 13.5. The van der Waals surface area contributed by atoms with Crippen LogP contribution in [0.4, 0.5) is 14.5 Å². The highest BCUT2D eigenvalue weighted by Gasteiger charge is 2.12. The zero-order valence-corrected chi connectivity index (χ0v) is 14.1. The highest BCUT2D eigenvalue weighted by molar-refractivity contribution is 5.95. The molecule has 2 rings (SSSR count). The molecule has 2 aromatic rings. The Morgan fingerprint density at radius 3 is 2.32 bits per heavy atom. The summed E-state index contributed by atoms with van der Waals surface area (Å²) in [5.41, 5.74) is 1.59. The van der Waals surface area contributed by atoms with Gasteiger partial charge < -0.3 is 10.6 Å². The minimum atomic E-state index is -0.938. The van der Waals surface area contributed by atoms with Crippen molar-refractivity contribution in [2.24, 2.45) is 0 Å². The van der Waals surface area contributed by atoms with Gasteiger partial charge in [-0.15, -0.1) is 0 Å². The van der Waals surface area contributed by atoms with E-state index in [1.807, 2.05) is 24.3 Å². The lowest BCUT2D eigenvalue weighted by atomic mass is 10.0. The molecule has 0 saturated heterocycles. The quantitative estimate of drug-likeness (QED) is 0.835. The summed E-state index contributed by atoms with van der Waals surface area (Å²) in [5.74, 6) is -2.24. The van der Waals surface area contributed by atoms with Crippen LogP contribution >= 0.6 is 0 Å². The van der Waals surface area contributed by atoms with E-state index >= 15 is 0 Å². The molecule has 2 amide bonds. The monoisotopic (exact) mass is 346 g/mol. The highest BCUT2D eigenvalue weighted by Crippen LogP contribution is 2.17. The van der Waals surface area contributed by atoms with E-state index in [1.54, 1.807) is 0 Å². The number of hydrogen-bond acceptors (Lipinski definition) is 2. The SMILES string of the molecule is CC(C)c1ccc(NC(=O)CCNC(=O)c2ccc(F)cc2F)cc1. The molecule has 0 radical (unpaired) electrons. The van der Waals surface area contributed by atoms with Crippen molar-refractivity contribution in [3.8, 4) is 0 Å². The lowest BCUT2D eigenvalue weighted by molar-refractivity contribution is -0.116. The van der Waals surface area contributed by atoms with Crippen molar-refractivity contribution in [1.82, 2.24) is 5.32 Å². The molecule has 0 unspecified atom stereocenters. The second-order valence-electron chi connectivity index (χ2n) is 5.95. The van der Waals surface area contributed by atoms with Crippen LogP contribution in [0.25, 0.3) is 0 Å². The molecule has 0 aliphatic rings. The topological polar surface area (TPSA) is 58.2 Å². The van der Waals surface area contributed by atoms with Crippen LogP contribution < -0.4 is 10.6 Å². The molecular formula is C19H20F2N2O2. The molecule has 0 heterocycles. The Labute approximate surface area is 145 Å². The van der Waals surface area contributed by atoms with E-state index in [4.69, 9.17) is 0 Å². The van der Waals surface area contributed by atoms with Gasteiger partial charge in [0.1, 0.15) is 11.6 Å². The second-order valence-corrected chi connectivity index (χ2v) is 5.95. The number of carbonyl (C=O) groups is 2. The summed E-state index contributed by atoms with van der Waals surface area (Å²) in [6.07, 6.45) is 0.0421. The first-order valence-corrected chi connectivity index (χ1v) is 8.00. The highest BCUT2D eigenvalue weighted by atomic mass is 19.1. The standard InChI is InChI=1S/C19H20F2N2O2/c1-12(2)13-3-6-15(7-4-13)23-18(24)9-10-22-19(25)16-8-5-14(20)11-17(16)21/h3-8,11-12H,9-10H2,1-2H3,(H,22,25)(H,23,24). The minimum absolute atomic E-state index is 0.0421. The Morgan fingerprint density at radius 1 is 1.04 bits per heavy atom. The van der Waals surface area contributed by atoms with Crippen molar-refractivity contribution in [2.45, 2.75) is 26.2 Å². The van der Waals surface area contributed by atoms with Gasteiger partial charge in [-0.3, -0.25) is 9.59 Å². The summed E-state index contributed by atoms with van der Waals surface area (Å²) in [6.45, 7) is 4.21. The Balaban J connectivity index is 1.81. The average molecular weight is 346 g/mol. The maximum atomic E-state index is 13.5. The van der Waals surface area contributed by atoms with E-state index < -0.39 is 17.5 Å². The van der Waals surface area contributed by atoms with Crippen LogP contribution in [-0.4, -0.2) is 18.4 Å². The second kappa shape index (κ2) is 8.37. The predicted molar refractivity (Wildman–Crippen MR) is 92.5 cm³/mol. The van der Waals surface area contributed by atoms with Crippen LogP contribution in [-0.2, 0) is 4.79 Å². The number of carbonyl (C=O) groups excluding carboxylic acids is 2. The summed E-state index contributed by atoms with van der Waals surface area (Å²) in [5, 5.41) is 5.16. The van der Waals surface area contributed by atoms with Gasteiger partial charge in [0.2, 0.25) is 5.91 Å². The molecule has 0 aromatic heterocycles. The molecule has 2 aromatic carbocycles. The van der Waals surface area contributed by atoms with Gasteiger partial charge >= 0.3 is 0 Å². The molecule has 0 saturated carbocycles. The van der Waals surface area contributed by atoms with Crippen LogP contribution in [0.1, 0.15) is 42.1 Å². The predicted octanol–water partition coefficient (Wildman–Crippen LogP) is 3.85. The fourth-order valence-corrected chi connectivity index (χ4v) is 2.23. The average Bonchev–Trinajstić information content (AvgIpc) is 2.55. The maximum Gasteiger partial charge on any atom is 0.254 e. The van der Waals surface area contributed by atoms with Crippen LogP contribution in [0.15, 0.2) is 42.5 Å². The number of anilines is 1. The molecule has 25 heavy (non-hydrogen) atoms. The van der Waals surface area contributed by atoms with Crippen molar-refractivity contribution in [1.29, 1.82) is 0 Å². The summed E-state index contributed by atoms with van der Waals surface area (Å²) in [7, 11) is 0. The fraction of sp³-hybridized carbons (Fsp3) is 0.263. The molecule has 0 aliphatic carbocycles. The first-order valence-electron chi connectivity index (χ1n) is 8.00. The molecule has 0 aliphatic heterocycles. The summed E-state index contributed by atoms with van der Waals surface area (Å²) < 4.78 is 26.3. The summed E-state index contributed by atoms with van der Waals surface area (Å²) >= 11 is 0. The van der Waals surface area contributed by atoms with Gasteiger partial charge in [-0.1, -0.05) is 26.0 Å². The zero-order chi connectivity index (χ0) is 18.4. The molecule has 0 fully saturated rings. The minimum Gasteiger partial charge on any atom is -0.351 e. The lowest BCUT2D eigenvalue weighted by Gasteiger charge is -2.09. The Kier molecular flexibility index (Phi) is 6.22. The largest absolute Gasteiger partial charge is 0.351 e.